The van der Waals surface area contributed by atoms with Crippen molar-refractivity contribution in [2.75, 3.05) is 13.7 Å². The van der Waals surface area contributed by atoms with Crippen LogP contribution >= 0.6 is 0 Å². The lowest BCUT2D eigenvalue weighted by molar-refractivity contribution is 0.325. The van der Waals surface area contributed by atoms with Crippen LogP contribution in [0, 0.1) is 0 Å². The molecule has 0 saturated heterocycles. The van der Waals surface area contributed by atoms with Gasteiger partial charge in [-0.05, 0) is 37.3 Å². The summed E-state index contributed by atoms with van der Waals surface area (Å²) in [5.74, 6) is 1.20. The highest BCUT2D eigenvalue weighted by Crippen LogP contribution is 2.16. The first kappa shape index (κ1) is 13.2. The van der Waals surface area contributed by atoms with Gasteiger partial charge in [0.05, 0.1) is 24.8 Å². The quantitative estimate of drug-likeness (QED) is 0.861. The highest BCUT2D eigenvalue weighted by atomic mass is 16.5. The summed E-state index contributed by atoms with van der Waals surface area (Å²) in [7, 11) is 1.62. The van der Waals surface area contributed by atoms with Crippen LogP contribution in [0.5, 0.6) is 11.6 Å². The number of aromatic nitrogens is 2. The summed E-state index contributed by atoms with van der Waals surface area (Å²) in [6.07, 6.45) is 3.60. The van der Waals surface area contributed by atoms with Crippen molar-refractivity contribution < 1.29 is 9.47 Å². The summed E-state index contributed by atoms with van der Waals surface area (Å²) >= 11 is 0. The van der Waals surface area contributed by atoms with Crippen molar-refractivity contribution in [2.45, 2.75) is 6.92 Å². The molecule has 2 N–H and O–H groups in total. The Hall–Kier alpha value is -2.76. The Kier molecular flexibility index (Phi) is 3.35. The molecule has 3 rings (SSSR count). The van der Waals surface area contributed by atoms with Crippen LogP contribution in [-0.2, 0) is 0 Å². The lowest BCUT2D eigenvalue weighted by Gasteiger charge is -1.99. The Labute approximate surface area is 120 Å². The minimum atomic E-state index is -0.233. The number of rotatable bonds is 4. The van der Waals surface area contributed by atoms with Crippen molar-refractivity contribution in [1.29, 1.82) is 0 Å². The SMILES string of the molecule is CCOc1[nH][nH]c(=O)c1/C=C1\C=c2cc(OC)ccc2=N1. The number of H-pyrrole nitrogens is 2. The van der Waals surface area contributed by atoms with Gasteiger partial charge in [-0.15, -0.1) is 0 Å². The largest absolute Gasteiger partial charge is 0.497 e. The maximum atomic E-state index is 11.8. The van der Waals surface area contributed by atoms with E-state index in [2.05, 4.69) is 15.2 Å². The summed E-state index contributed by atoms with van der Waals surface area (Å²) < 4.78 is 10.6. The Balaban J connectivity index is 2.05. The van der Waals surface area contributed by atoms with Crippen molar-refractivity contribution in [1.82, 2.24) is 10.2 Å². The molecule has 6 nitrogen and oxygen atoms in total. The molecule has 1 aliphatic rings. The predicted molar refractivity (Wildman–Crippen MR) is 78.8 cm³/mol. The number of nitrogens with one attached hydrogen (secondary N) is 2. The normalized spacial score (nSPS) is 14.5. The van der Waals surface area contributed by atoms with Crippen LogP contribution in [0.15, 0.2) is 33.7 Å². The van der Waals surface area contributed by atoms with Crippen LogP contribution in [0.3, 0.4) is 0 Å². The number of allylic oxidation sites excluding steroid dienone is 1. The highest BCUT2D eigenvalue weighted by molar-refractivity contribution is 5.67. The summed E-state index contributed by atoms with van der Waals surface area (Å²) in [4.78, 5) is 16.3. The van der Waals surface area contributed by atoms with Gasteiger partial charge >= 0.3 is 0 Å². The Bertz CT molecular complexity index is 874. The molecule has 0 atom stereocenters. The van der Waals surface area contributed by atoms with Gasteiger partial charge in [-0.1, -0.05) is 0 Å². The van der Waals surface area contributed by atoms with E-state index in [-0.39, 0.29) is 5.56 Å². The van der Waals surface area contributed by atoms with Crippen molar-refractivity contribution in [3.8, 4) is 11.6 Å². The van der Waals surface area contributed by atoms with E-state index >= 15 is 0 Å². The molecule has 2 aromatic rings. The summed E-state index contributed by atoms with van der Waals surface area (Å²) in [5, 5.41) is 7.04. The van der Waals surface area contributed by atoms with Crippen molar-refractivity contribution in [2.24, 2.45) is 4.99 Å². The third-order valence-electron chi connectivity index (χ3n) is 3.15. The Morgan fingerprint density at radius 2 is 2.19 bits per heavy atom. The Morgan fingerprint density at radius 1 is 1.33 bits per heavy atom. The maximum absolute atomic E-state index is 11.8. The van der Waals surface area contributed by atoms with E-state index in [0.29, 0.717) is 23.7 Å². The number of hydrogen-bond donors (Lipinski definition) is 2. The fourth-order valence-corrected chi connectivity index (χ4v) is 2.17. The number of nitrogens with zero attached hydrogens (tertiary/aromatic N) is 1. The number of aromatic amines is 2. The molecule has 1 aliphatic heterocycles. The molecule has 21 heavy (non-hydrogen) atoms. The van der Waals surface area contributed by atoms with Crippen LogP contribution in [-0.4, -0.2) is 23.9 Å². The highest BCUT2D eigenvalue weighted by Gasteiger charge is 2.10. The van der Waals surface area contributed by atoms with E-state index in [0.717, 1.165) is 16.3 Å². The topological polar surface area (TPSA) is 79.5 Å². The molecule has 108 valence electrons. The standard InChI is InChI=1S/C15H15N3O3/c1-3-21-15-12(14(19)17-18-15)8-10-6-9-7-11(20-2)4-5-13(9)16-10/h4-8H,3H2,1-2H3,(H2,17,18,19)/b10-8+. The summed E-state index contributed by atoms with van der Waals surface area (Å²) in [5.41, 5.74) is 0.902. The molecule has 0 spiro atoms. The Morgan fingerprint density at radius 3 is 2.95 bits per heavy atom. The number of methoxy groups -OCH3 is 1. The van der Waals surface area contributed by atoms with Gasteiger partial charge in [0.1, 0.15) is 11.3 Å². The lowest BCUT2D eigenvalue weighted by Crippen LogP contribution is -2.20. The fraction of sp³-hybridized carbons (Fsp3) is 0.200. The van der Waals surface area contributed by atoms with E-state index in [1.807, 2.05) is 31.2 Å². The van der Waals surface area contributed by atoms with Crippen LogP contribution < -0.4 is 25.6 Å². The van der Waals surface area contributed by atoms with Crippen LogP contribution in [0.25, 0.3) is 12.2 Å². The van der Waals surface area contributed by atoms with E-state index in [1.165, 1.54) is 0 Å². The van der Waals surface area contributed by atoms with Crippen molar-refractivity contribution >= 4 is 12.2 Å². The second-order valence-electron chi connectivity index (χ2n) is 4.51. The second-order valence-corrected chi connectivity index (χ2v) is 4.51. The zero-order valence-corrected chi connectivity index (χ0v) is 11.8. The summed E-state index contributed by atoms with van der Waals surface area (Å²) in [6, 6.07) is 5.65. The van der Waals surface area contributed by atoms with Gasteiger partial charge < -0.3 is 9.47 Å². The zero-order chi connectivity index (χ0) is 14.8. The first-order valence-electron chi connectivity index (χ1n) is 6.61. The molecule has 6 heteroatoms. The maximum Gasteiger partial charge on any atom is 0.275 e. The monoisotopic (exact) mass is 285 g/mol. The van der Waals surface area contributed by atoms with Gasteiger partial charge in [0, 0.05) is 5.22 Å². The van der Waals surface area contributed by atoms with Crippen molar-refractivity contribution in [3.63, 3.8) is 0 Å². The first-order valence-corrected chi connectivity index (χ1v) is 6.61. The molecule has 0 aliphatic carbocycles. The molecule has 1 aromatic heterocycles. The molecule has 0 unspecified atom stereocenters. The molecule has 0 radical (unpaired) electrons. The van der Waals surface area contributed by atoms with Gasteiger partial charge in [-0.3, -0.25) is 15.0 Å². The number of fused-ring (bicyclic) bond motifs is 1. The van der Waals surface area contributed by atoms with Gasteiger partial charge in [-0.25, -0.2) is 4.99 Å². The average molecular weight is 285 g/mol. The van der Waals surface area contributed by atoms with E-state index < -0.39 is 0 Å². The minimum Gasteiger partial charge on any atom is -0.497 e. The van der Waals surface area contributed by atoms with Crippen LogP contribution in [0.4, 0.5) is 0 Å². The van der Waals surface area contributed by atoms with E-state index in [4.69, 9.17) is 9.47 Å². The van der Waals surface area contributed by atoms with E-state index in [9.17, 15) is 4.79 Å². The number of ether oxygens (including phenoxy) is 2. The molecule has 0 amide bonds. The third-order valence-corrected chi connectivity index (χ3v) is 3.15. The molecule has 2 heterocycles. The molecular weight excluding hydrogens is 270 g/mol. The summed E-state index contributed by atoms with van der Waals surface area (Å²) in [6.45, 7) is 2.33. The smallest absolute Gasteiger partial charge is 0.275 e. The van der Waals surface area contributed by atoms with Crippen LogP contribution in [0.1, 0.15) is 12.5 Å². The first-order chi connectivity index (χ1) is 10.2. The minimum absolute atomic E-state index is 0.233. The molecule has 0 fully saturated rings. The third kappa shape index (κ3) is 2.47. The predicted octanol–water partition coefficient (Wildman–Crippen LogP) is 0.565. The van der Waals surface area contributed by atoms with Gasteiger partial charge in [0.2, 0.25) is 5.88 Å². The molecule has 0 saturated carbocycles. The van der Waals surface area contributed by atoms with Gasteiger partial charge in [0.25, 0.3) is 5.56 Å². The number of hydrogen-bond acceptors (Lipinski definition) is 4. The van der Waals surface area contributed by atoms with Crippen molar-refractivity contribution in [3.05, 3.63) is 50.4 Å². The van der Waals surface area contributed by atoms with Gasteiger partial charge in [-0.2, -0.15) is 0 Å². The second kappa shape index (κ2) is 5.32. The van der Waals surface area contributed by atoms with Crippen LogP contribution in [0.2, 0.25) is 0 Å². The number of benzene rings is 1. The zero-order valence-electron chi connectivity index (χ0n) is 11.8. The molecule has 0 bridgehead atoms. The average Bonchev–Trinajstić information content (AvgIpc) is 3.04. The van der Waals surface area contributed by atoms with E-state index in [1.54, 1.807) is 13.2 Å². The van der Waals surface area contributed by atoms with Gasteiger partial charge in [0.15, 0.2) is 0 Å². The lowest BCUT2D eigenvalue weighted by atomic mass is 10.2. The fourth-order valence-electron chi connectivity index (χ4n) is 2.17. The molecular formula is C15H15N3O3. The molecule has 1 aromatic carbocycles.